The van der Waals surface area contributed by atoms with Crippen molar-refractivity contribution in [2.45, 2.75) is 129 Å². The molecule has 0 saturated carbocycles. The zero-order valence-electron chi connectivity index (χ0n) is 21.9. The van der Waals surface area contributed by atoms with Crippen molar-refractivity contribution in [2.75, 3.05) is 6.61 Å². The van der Waals surface area contributed by atoms with Crippen LogP contribution in [0.4, 0.5) is 0 Å². The zero-order valence-corrected chi connectivity index (χ0v) is 21.9. The molecule has 2 atom stereocenters. The van der Waals surface area contributed by atoms with Gasteiger partial charge in [-0.05, 0) is 19.4 Å². The summed E-state index contributed by atoms with van der Waals surface area (Å²) in [7, 11) is 0. The highest BCUT2D eigenvalue weighted by atomic mass is 16.6. The van der Waals surface area contributed by atoms with E-state index < -0.39 is 23.6 Å². The lowest BCUT2D eigenvalue weighted by Crippen LogP contribution is -2.33. The van der Waals surface area contributed by atoms with E-state index in [1.807, 2.05) is 0 Å². The van der Waals surface area contributed by atoms with Gasteiger partial charge in [-0.1, -0.05) is 103 Å². The number of nitrogens with zero attached hydrogens (tertiary/aromatic N) is 1. The molecule has 1 aromatic heterocycles. The Kier molecular flexibility index (Phi) is 14.4. The minimum atomic E-state index is -0.614. The molecule has 0 saturated heterocycles. The highest BCUT2D eigenvalue weighted by molar-refractivity contribution is 5.69. The molecule has 198 valence electrons. The number of carbonyl (C=O) groups excluding carboxylic acids is 1. The van der Waals surface area contributed by atoms with Gasteiger partial charge in [0.2, 0.25) is 0 Å². The Labute approximate surface area is 210 Å². The first-order chi connectivity index (χ1) is 17.0. The van der Waals surface area contributed by atoms with Crippen molar-refractivity contribution in [3.05, 3.63) is 44.8 Å². The summed E-state index contributed by atoms with van der Waals surface area (Å²) in [5.41, 5.74) is -0.501. The summed E-state index contributed by atoms with van der Waals surface area (Å²) >= 11 is 0. The molecule has 0 aromatic carbocycles. The first kappa shape index (κ1) is 29.1. The Bertz CT molecular complexity index is 873. The molecule has 0 radical (unpaired) electrons. The maximum atomic E-state index is 12.0. The molecule has 1 aromatic rings. The predicted octanol–water partition coefficient (Wildman–Crippen LogP) is 6.10. The zero-order chi connectivity index (χ0) is 25.3. The number of hydrogen-bond donors (Lipinski definition) is 1. The molecule has 35 heavy (non-hydrogen) atoms. The number of H-pyrrole nitrogens is 1. The van der Waals surface area contributed by atoms with Crippen LogP contribution < -0.4 is 11.2 Å². The molecule has 0 amide bonds. The van der Waals surface area contributed by atoms with Gasteiger partial charge in [0.25, 0.3) is 5.56 Å². The number of aromatic amines is 1. The van der Waals surface area contributed by atoms with Crippen LogP contribution in [0.15, 0.2) is 27.9 Å². The fourth-order valence-corrected chi connectivity index (χ4v) is 4.40. The molecule has 7 heteroatoms. The third-order valence-electron chi connectivity index (χ3n) is 6.62. The molecule has 2 heterocycles. The number of aromatic nitrogens is 2. The number of esters is 1. The number of aryl methyl sites for hydroxylation is 1. The second kappa shape index (κ2) is 17.3. The fourth-order valence-electron chi connectivity index (χ4n) is 4.40. The average molecular weight is 491 g/mol. The van der Waals surface area contributed by atoms with E-state index in [-0.39, 0.29) is 12.6 Å². The van der Waals surface area contributed by atoms with Crippen molar-refractivity contribution in [3.63, 3.8) is 0 Å². The number of ether oxygens (including phenoxy) is 2. The van der Waals surface area contributed by atoms with Gasteiger partial charge in [0.05, 0.1) is 0 Å². The van der Waals surface area contributed by atoms with E-state index in [0.717, 1.165) is 12.8 Å². The van der Waals surface area contributed by atoms with Gasteiger partial charge in [0.15, 0.2) is 6.23 Å². The van der Waals surface area contributed by atoms with Crippen LogP contribution in [-0.2, 0) is 14.3 Å². The Hall–Kier alpha value is -2.15. The van der Waals surface area contributed by atoms with Crippen molar-refractivity contribution >= 4 is 5.97 Å². The van der Waals surface area contributed by atoms with Crippen molar-refractivity contribution < 1.29 is 14.3 Å². The summed E-state index contributed by atoms with van der Waals surface area (Å²) in [5, 5.41) is 0. The van der Waals surface area contributed by atoms with Gasteiger partial charge < -0.3 is 9.47 Å². The largest absolute Gasteiger partial charge is 0.463 e. The van der Waals surface area contributed by atoms with Crippen molar-refractivity contribution in [2.24, 2.45) is 0 Å². The molecule has 0 fully saturated rings. The number of unbranched alkanes of at least 4 members (excludes halogenated alkanes) is 14. The summed E-state index contributed by atoms with van der Waals surface area (Å²) in [6.07, 6.45) is 23.8. The second-order valence-electron chi connectivity index (χ2n) is 9.81. The molecule has 1 aliphatic rings. The van der Waals surface area contributed by atoms with Crippen molar-refractivity contribution in [1.29, 1.82) is 0 Å². The van der Waals surface area contributed by atoms with Gasteiger partial charge in [0.1, 0.15) is 12.7 Å². The molecule has 2 rings (SSSR count). The van der Waals surface area contributed by atoms with E-state index in [4.69, 9.17) is 9.47 Å². The van der Waals surface area contributed by atoms with E-state index in [0.29, 0.717) is 12.0 Å². The monoisotopic (exact) mass is 490 g/mol. The van der Waals surface area contributed by atoms with E-state index in [1.165, 1.54) is 94.2 Å². The lowest BCUT2D eigenvalue weighted by atomic mass is 10.0. The SMILES string of the molecule is CCCCCCCCCCCCCCCCCC(=O)OC[C@@H]1C=C[C@H](n2cc(C)c(=O)[nH]c2=O)O1. The maximum absolute atomic E-state index is 12.0. The average Bonchev–Trinajstić information content (AvgIpc) is 3.31. The maximum Gasteiger partial charge on any atom is 0.330 e. The van der Waals surface area contributed by atoms with Crippen LogP contribution in [-0.4, -0.2) is 28.2 Å². The van der Waals surface area contributed by atoms with E-state index in [9.17, 15) is 14.4 Å². The van der Waals surface area contributed by atoms with Crippen LogP contribution in [0.2, 0.25) is 0 Å². The lowest BCUT2D eigenvalue weighted by Gasteiger charge is -2.16. The standard InChI is InChI=1S/C28H46N2O5/c1-3-4-5-6-7-8-9-10-11-12-13-14-15-16-17-18-26(31)34-22-24-19-20-25(35-24)30-21-23(2)27(32)29-28(30)33/h19-21,24-25H,3-18,22H2,1-2H3,(H,29,32,33)/t24-,25+/m0/s1. The Morgan fingerprint density at radius 1 is 0.886 bits per heavy atom. The predicted molar refractivity (Wildman–Crippen MR) is 140 cm³/mol. The van der Waals surface area contributed by atoms with Gasteiger partial charge in [-0.3, -0.25) is 19.1 Å². The van der Waals surface area contributed by atoms with Crippen LogP contribution in [0.5, 0.6) is 0 Å². The van der Waals surface area contributed by atoms with Gasteiger partial charge in [-0.25, -0.2) is 4.79 Å². The molecule has 0 bridgehead atoms. The fraction of sp³-hybridized carbons (Fsp3) is 0.750. The van der Waals surface area contributed by atoms with Crippen molar-refractivity contribution in [3.8, 4) is 0 Å². The first-order valence-electron chi connectivity index (χ1n) is 13.8. The summed E-state index contributed by atoms with van der Waals surface area (Å²) in [4.78, 5) is 37.8. The Morgan fingerprint density at radius 2 is 1.43 bits per heavy atom. The van der Waals surface area contributed by atoms with Crippen LogP contribution in [0.3, 0.4) is 0 Å². The van der Waals surface area contributed by atoms with Gasteiger partial charge in [-0.15, -0.1) is 0 Å². The van der Waals surface area contributed by atoms with Crippen LogP contribution in [0, 0.1) is 6.92 Å². The normalized spacial score (nSPS) is 17.2. The molecule has 0 aliphatic carbocycles. The minimum absolute atomic E-state index is 0.127. The molecule has 1 N–H and O–H groups in total. The topological polar surface area (TPSA) is 90.4 Å². The smallest absolute Gasteiger partial charge is 0.330 e. The van der Waals surface area contributed by atoms with Gasteiger partial charge in [-0.2, -0.15) is 0 Å². The number of carbonyl (C=O) groups is 1. The Balaban J connectivity index is 1.42. The molecular weight excluding hydrogens is 444 g/mol. The summed E-state index contributed by atoms with van der Waals surface area (Å²) in [6, 6.07) is 0. The summed E-state index contributed by atoms with van der Waals surface area (Å²) in [6.45, 7) is 4.02. The van der Waals surface area contributed by atoms with Crippen LogP contribution in [0.1, 0.15) is 121 Å². The van der Waals surface area contributed by atoms with Crippen LogP contribution in [0.25, 0.3) is 0 Å². The molecule has 1 aliphatic heterocycles. The van der Waals surface area contributed by atoms with Gasteiger partial charge in [0, 0.05) is 18.2 Å². The second-order valence-corrected chi connectivity index (χ2v) is 9.81. The van der Waals surface area contributed by atoms with Crippen molar-refractivity contribution in [1.82, 2.24) is 9.55 Å². The first-order valence-corrected chi connectivity index (χ1v) is 13.8. The Morgan fingerprint density at radius 3 is 2.00 bits per heavy atom. The number of rotatable bonds is 19. The number of hydrogen-bond acceptors (Lipinski definition) is 5. The third-order valence-corrected chi connectivity index (χ3v) is 6.62. The van der Waals surface area contributed by atoms with E-state index in [2.05, 4.69) is 11.9 Å². The molecule has 0 spiro atoms. The highest BCUT2D eigenvalue weighted by Crippen LogP contribution is 2.20. The molecular formula is C28H46N2O5. The van der Waals surface area contributed by atoms with Crippen LogP contribution >= 0.6 is 0 Å². The quantitative estimate of drug-likeness (QED) is 0.144. The molecule has 0 unspecified atom stereocenters. The highest BCUT2D eigenvalue weighted by Gasteiger charge is 2.23. The number of nitrogens with one attached hydrogen (secondary N) is 1. The van der Waals surface area contributed by atoms with E-state index in [1.54, 1.807) is 19.1 Å². The lowest BCUT2D eigenvalue weighted by molar-refractivity contribution is -0.147. The summed E-state index contributed by atoms with van der Waals surface area (Å²) < 4.78 is 12.4. The third kappa shape index (κ3) is 11.9. The summed E-state index contributed by atoms with van der Waals surface area (Å²) in [5.74, 6) is -0.211. The minimum Gasteiger partial charge on any atom is -0.463 e. The molecule has 7 nitrogen and oxygen atoms in total. The van der Waals surface area contributed by atoms with E-state index >= 15 is 0 Å². The van der Waals surface area contributed by atoms with Gasteiger partial charge >= 0.3 is 11.7 Å².